The highest BCUT2D eigenvalue weighted by atomic mass is 79.9. The zero-order valence-electron chi connectivity index (χ0n) is 12.0. The van der Waals surface area contributed by atoms with Crippen LogP contribution in [0.2, 0.25) is 0 Å². The molecular weight excluding hydrogens is 316 g/mol. The maximum absolute atomic E-state index is 5.94. The van der Waals surface area contributed by atoms with Crippen molar-refractivity contribution in [1.29, 1.82) is 0 Å². The molecule has 0 amide bonds. The summed E-state index contributed by atoms with van der Waals surface area (Å²) in [6.07, 6.45) is 6.28. The fraction of sp³-hybridized carbons (Fsp3) is 0.529. The van der Waals surface area contributed by atoms with Crippen LogP contribution in [0.1, 0.15) is 25.0 Å². The van der Waals surface area contributed by atoms with Crippen molar-refractivity contribution >= 4 is 15.9 Å². The van der Waals surface area contributed by atoms with E-state index in [2.05, 4.69) is 53.2 Å². The summed E-state index contributed by atoms with van der Waals surface area (Å²) >= 11 is 3.64. The summed E-state index contributed by atoms with van der Waals surface area (Å²) in [6, 6.07) is 8.32. The van der Waals surface area contributed by atoms with Crippen LogP contribution in [0.3, 0.4) is 0 Å². The highest BCUT2D eigenvalue weighted by Gasteiger charge is 2.41. The molecule has 0 spiro atoms. The first-order valence-corrected chi connectivity index (χ1v) is 8.09. The lowest BCUT2D eigenvalue weighted by Gasteiger charge is -2.31. The summed E-state index contributed by atoms with van der Waals surface area (Å²) in [5, 5.41) is 0. The van der Waals surface area contributed by atoms with E-state index in [1.165, 1.54) is 5.56 Å². The smallest absolute Gasteiger partial charge is 0.0864 e. The molecule has 5 atom stereocenters. The zero-order valence-corrected chi connectivity index (χ0v) is 13.5. The normalized spacial score (nSPS) is 31.2. The van der Waals surface area contributed by atoms with Gasteiger partial charge in [0.05, 0.1) is 12.2 Å². The van der Waals surface area contributed by atoms with Crippen molar-refractivity contribution in [3.05, 3.63) is 46.5 Å². The molecule has 1 aromatic carbocycles. The molecule has 108 valence electrons. The number of hydrogen-bond acceptors (Lipinski definition) is 2. The number of ether oxygens (including phenoxy) is 2. The average molecular weight is 337 g/mol. The Hall–Kier alpha value is -0.640. The number of fused-ring (bicyclic) bond motifs is 1. The molecule has 1 fully saturated rings. The van der Waals surface area contributed by atoms with Gasteiger partial charge < -0.3 is 9.47 Å². The molecule has 1 heterocycles. The van der Waals surface area contributed by atoms with E-state index in [1.807, 2.05) is 6.07 Å². The van der Waals surface area contributed by atoms with Gasteiger partial charge in [-0.3, -0.25) is 0 Å². The summed E-state index contributed by atoms with van der Waals surface area (Å²) in [4.78, 5) is 0. The van der Waals surface area contributed by atoms with Crippen LogP contribution < -0.4 is 0 Å². The van der Waals surface area contributed by atoms with E-state index in [0.29, 0.717) is 23.9 Å². The minimum atomic E-state index is 0.0863. The van der Waals surface area contributed by atoms with Crippen LogP contribution in [-0.4, -0.2) is 19.8 Å². The van der Waals surface area contributed by atoms with Crippen LogP contribution in [0.4, 0.5) is 0 Å². The van der Waals surface area contributed by atoms with E-state index in [1.54, 1.807) is 7.11 Å². The molecule has 1 saturated heterocycles. The Kier molecular flexibility index (Phi) is 4.29. The summed E-state index contributed by atoms with van der Waals surface area (Å²) in [6.45, 7) is 3.17. The second-order valence-corrected chi connectivity index (χ2v) is 6.64. The van der Waals surface area contributed by atoms with Crippen molar-refractivity contribution in [3.8, 4) is 0 Å². The molecule has 0 N–H and O–H groups in total. The maximum Gasteiger partial charge on any atom is 0.0864 e. The Morgan fingerprint density at radius 2 is 2.10 bits per heavy atom. The van der Waals surface area contributed by atoms with E-state index in [4.69, 9.17) is 9.47 Å². The van der Waals surface area contributed by atoms with Crippen molar-refractivity contribution in [3.63, 3.8) is 0 Å². The first-order valence-electron chi connectivity index (χ1n) is 7.29. The van der Waals surface area contributed by atoms with Crippen molar-refractivity contribution in [2.75, 3.05) is 13.7 Å². The lowest BCUT2D eigenvalue weighted by atomic mass is 9.82. The minimum Gasteiger partial charge on any atom is -0.377 e. The predicted octanol–water partition coefficient (Wildman–Crippen LogP) is 4.36. The SMILES string of the molecule is CO[C@H](c1ccccc1Br)[C@H](C)[C@@H]1C=C[C@H]2CCO[C@@H]12. The molecule has 1 aliphatic carbocycles. The van der Waals surface area contributed by atoms with Gasteiger partial charge in [0.2, 0.25) is 0 Å². The van der Waals surface area contributed by atoms with Crippen LogP contribution in [-0.2, 0) is 9.47 Å². The van der Waals surface area contributed by atoms with Gasteiger partial charge in [0, 0.05) is 30.0 Å². The summed E-state index contributed by atoms with van der Waals surface area (Å²) in [5.41, 5.74) is 1.22. The summed E-state index contributed by atoms with van der Waals surface area (Å²) < 4.78 is 12.9. The van der Waals surface area contributed by atoms with Gasteiger partial charge >= 0.3 is 0 Å². The highest BCUT2D eigenvalue weighted by molar-refractivity contribution is 9.10. The van der Waals surface area contributed by atoms with E-state index < -0.39 is 0 Å². The summed E-state index contributed by atoms with van der Waals surface area (Å²) in [5.74, 6) is 1.45. The number of methoxy groups -OCH3 is 1. The molecule has 2 nitrogen and oxygen atoms in total. The first kappa shape index (κ1) is 14.3. The van der Waals surface area contributed by atoms with Crippen LogP contribution in [0.5, 0.6) is 0 Å². The second kappa shape index (κ2) is 6.00. The van der Waals surface area contributed by atoms with Crippen molar-refractivity contribution in [1.82, 2.24) is 0 Å². The fourth-order valence-corrected chi connectivity index (χ4v) is 4.13. The Balaban J connectivity index is 1.83. The molecule has 2 aliphatic rings. The third kappa shape index (κ3) is 2.47. The number of rotatable bonds is 4. The van der Waals surface area contributed by atoms with Crippen molar-refractivity contribution < 1.29 is 9.47 Å². The maximum atomic E-state index is 5.94. The predicted molar refractivity (Wildman–Crippen MR) is 83.5 cm³/mol. The molecule has 0 unspecified atom stereocenters. The van der Waals surface area contributed by atoms with E-state index in [9.17, 15) is 0 Å². The Morgan fingerprint density at radius 1 is 1.30 bits per heavy atom. The standard InChI is InChI=1S/C17H21BrO2/c1-11(13-8-7-12-9-10-20-17(12)13)16(19-2)14-5-3-4-6-15(14)18/h3-8,11-13,16-17H,9-10H2,1-2H3/t11-,12+,13+,16+,17-/m1/s1. The lowest BCUT2D eigenvalue weighted by Crippen LogP contribution is -2.29. The van der Waals surface area contributed by atoms with Crippen LogP contribution in [0.15, 0.2) is 40.9 Å². The molecule has 0 saturated carbocycles. The minimum absolute atomic E-state index is 0.0863. The fourth-order valence-electron chi connectivity index (χ4n) is 3.62. The molecule has 3 rings (SSSR count). The molecule has 0 aromatic heterocycles. The molecule has 0 bridgehead atoms. The Labute approximate surface area is 129 Å². The van der Waals surface area contributed by atoms with Gasteiger partial charge in [-0.05, 0) is 24.0 Å². The van der Waals surface area contributed by atoms with Crippen LogP contribution in [0, 0.1) is 17.8 Å². The van der Waals surface area contributed by atoms with Gasteiger partial charge in [0.25, 0.3) is 0 Å². The van der Waals surface area contributed by atoms with Gasteiger partial charge in [0.1, 0.15) is 0 Å². The van der Waals surface area contributed by atoms with Gasteiger partial charge in [-0.1, -0.05) is 53.2 Å². The topological polar surface area (TPSA) is 18.5 Å². The largest absolute Gasteiger partial charge is 0.377 e. The molecule has 1 aliphatic heterocycles. The lowest BCUT2D eigenvalue weighted by molar-refractivity contribution is -0.00557. The molecular formula is C17H21BrO2. The molecule has 1 aromatic rings. The molecule has 20 heavy (non-hydrogen) atoms. The van der Waals surface area contributed by atoms with E-state index in [0.717, 1.165) is 17.5 Å². The number of benzene rings is 1. The van der Waals surface area contributed by atoms with Crippen molar-refractivity contribution in [2.24, 2.45) is 17.8 Å². The average Bonchev–Trinajstić information content (AvgIpc) is 3.04. The van der Waals surface area contributed by atoms with Gasteiger partial charge in [-0.25, -0.2) is 0 Å². The van der Waals surface area contributed by atoms with Crippen molar-refractivity contribution in [2.45, 2.75) is 25.6 Å². The third-order valence-electron chi connectivity index (χ3n) is 4.69. The second-order valence-electron chi connectivity index (χ2n) is 5.79. The van der Waals surface area contributed by atoms with Crippen LogP contribution >= 0.6 is 15.9 Å². The summed E-state index contributed by atoms with van der Waals surface area (Å²) in [7, 11) is 1.80. The van der Waals surface area contributed by atoms with E-state index >= 15 is 0 Å². The first-order chi connectivity index (χ1) is 9.72. The number of halogens is 1. The van der Waals surface area contributed by atoms with E-state index in [-0.39, 0.29) is 6.10 Å². The van der Waals surface area contributed by atoms with Gasteiger partial charge in [-0.2, -0.15) is 0 Å². The molecule has 0 radical (unpaired) electrons. The highest BCUT2D eigenvalue weighted by Crippen LogP contribution is 2.44. The Bertz CT molecular complexity index is 500. The quantitative estimate of drug-likeness (QED) is 0.760. The molecule has 3 heteroatoms. The number of hydrogen-bond donors (Lipinski definition) is 0. The monoisotopic (exact) mass is 336 g/mol. The zero-order chi connectivity index (χ0) is 14.1. The van der Waals surface area contributed by atoms with Crippen LogP contribution in [0.25, 0.3) is 0 Å². The van der Waals surface area contributed by atoms with Gasteiger partial charge in [-0.15, -0.1) is 0 Å². The van der Waals surface area contributed by atoms with Gasteiger partial charge in [0.15, 0.2) is 0 Å². The third-order valence-corrected chi connectivity index (χ3v) is 5.42. The Morgan fingerprint density at radius 3 is 2.85 bits per heavy atom.